The first-order valence-electron chi connectivity index (χ1n) is 9.40. The number of hydrogen-bond donors (Lipinski definition) is 2. The molecule has 0 saturated carbocycles. The van der Waals surface area contributed by atoms with E-state index in [-0.39, 0.29) is 18.5 Å². The van der Waals surface area contributed by atoms with E-state index >= 15 is 0 Å². The van der Waals surface area contributed by atoms with Gasteiger partial charge in [0.05, 0.1) is 41.3 Å². The van der Waals surface area contributed by atoms with Gasteiger partial charge in [-0.2, -0.15) is 0 Å². The molecule has 0 unspecified atom stereocenters. The molecule has 5 rings (SSSR count). The molecule has 2 aliphatic rings. The van der Waals surface area contributed by atoms with E-state index in [1.54, 1.807) is 7.11 Å². The number of amides is 2. The Labute approximate surface area is 156 Å². The minimum atomic E-state index is -0.220. The Kier molecular flexibility index (Phi) is 3.52. The number of benzene rings is 2. The molecule has 1 aliphatic carbocycles. The smallest absolute Gasteiger partial charge is 0.263 e. The maximum absolute atomic E-state index is 13.3. The van der Waals surface area contributed by atoms with Gasteiger partial charge in [-0.25, -0.2) is 0 Å². The van der Waals surface area contributed by atoms with E-state index in [9.17, 15) is 9.59 Å². The quantitative estimate of drug-likeness (QED) is 0.699. The lowest BCUT2D eigenvalue weighted by Crippen LogP contribution is -2.38. The second kappa shape index (κ2) is 5.82. The van der Waals surface area contributed by atoms with Crippen molar-refractivity contribution in [3.63, 3.8) is 0 Å². The van der Waals surface area contributed by atoms with Crippen LogP contribution in [0.1, 0.15) is 45.2 Å². The Morgan fingerprint density at radius 1 is 1.11 bits per heavy atom. The van der Waals surface area contributed by atoms with Crippen LogP contribution >= 0.6 is 0 Å². The molecule has 6 heteroatoms. The summed E-state index contributed by atoms with van der Waals surface area (Å²) in [7, 11) is 1.63. The number of rotatable bonds is 4. The Bertz CT molecular complexity index is 1130. The summed E-state index contributed by atoms with van der Waals surface area (Å²) in [5.74, 6) is 0.312. The number of H-pyrrole nitrogens is 1. The number of carbonyl (C=O) groups is 2. The van der Waals surface area contributed by atoms with E-state index in [2.05, 4.69) is 10.3 Å². The molecular weight excluding hydrogens is 342 g/mol. The summed E-state index contributed by atoms with van der Waals surface area (Å²) in [5.41, 5.74) is 5.26. The average Bonchev–Trinajstić information content (AvgIpc) is 3.35. The Balaban J connectivity index is 1.91. The van der Waals surface area contributed by atoms with Crippen LogP contribution in [0.3, 0.4) is 0 Å². The minimum Gasteiger partial charge on any atom is -0.496 e. The third-order valence-corrected chi connectivity index (χ3v) is 5.77. The molecule has 2 heterocycles. The zero-order valence-electron chi connectivity index (χ0n) is 15.4. The van der Waals surface area contributed by atoms with Gasteiger partial charge >= 0.3 is 0 Å². The first-order chi connectivity index (χ1) is 13.2. The lowest BCUT2D eigenvalue weighted by molar-refractivity contribution is 0.0643. The van der Waals surface area contributed by atoms with Crippen molar-refractivity contribution in [1.29, 1.82) is 0 Å². The van der Waals surface area contributed by atoms with Crippen molar-refractivity contribution >= 4 is 33.6 Å². The van der Waals surface area contributed by atoms with Gasteiger partial charge in [-0.15, -0.1) is 0 Å². The molecule has 3 aromatic rings. The van der Waals surface area contributed by atoms with Crippen LogP contribution < -0.4 is 10.1 Å². The molecular formula is C21H21N3O3. The van der Waals surface area contributed by atoms with Crippen molar-refractivity contribution < 1.29 is 14.3 Å². The number of nitrogens with zero attached hydrogens (tertiary/aromatic N) is 1. The highest BCUT2D eigenvalue weighted by molar-refractivity contribution is 6.31. The highest BCUT2D eigenvalue weighted by Gasteiger charge is 2.42. The number of aryl methyl sites for hydroxylation is 1. The molecule has 1 aliphatic heterocycles. The fourth-order valence-corrected chi connectivity index (χ4v) is 4.61. The molecule has 138 valence electrons. The van der Waals surface area contributed by atoms with E-state index in [1.165, 1.54) is 10.5 Å². The van der Waals surface area contributed by atoms with Gasteiger partial charge < -0.3 is 9.72 Å². The number of methoxy groups -OCH3 is 1. The van der Waals surface area contributed by atoms with Gasteiger partial charge in [-0.3, -0.25) is 19.8 Å². The number of carbonyl (C=O) groups excluding carboxylic acids is 2. The van der Waals surface area contributed by atoms with E-state index in [0.29, 0.717) is 23.4 Å². The maximum atomic E-state index is 13.3. The van der Waals surface area contributed by atoms with Crippen LogP contribution in [0.5, 0.6) is 5.75 Å². The summed E-state index contributed by atoms with van der Waals surface area (Å²) in [6.07, 6.45) is 2.76. The van der Waals surface area contributed by atoms with E-state index in [4.69, 9.17) is 4.74 Å². The zero-order chi connectivity index (χ0) is 18.7. The first kappa shape index (κ1) is 16.3. The summed E-state index contributed by atoms with van der Waals surface area (Å²) in [4.78, 5) is 31.3. The monoisotopic (exact) mass is 363 g/mol. The topological polar surface area (TPSA) is 74.4 Å². The molecule has 0 radical (unpaired) electrons. The molecule has 2 N–H and O–H groups in total. The Morgan fingerprint density at radius 3 is 2.67 bits per heavy atom. The summed E-state index contributed by atoms with van der Waals surface area (Å²) in [6, 6.07) is 5.82. The van der Waals surface area contributed by atoms with Crippen molar-refractivity contribution in [2.45, 2.75) is 26.2 Å². The van der Waals surface area contributed by atoms with E-state index in [1.807, 2.05) is 25.1 Å². The number of imide groups is 1. The first-order valence-corrected chi connectivity index (χ1v) is 9.40. The molecule has 0 spiro atoms. The van der Waals surface area contributed by atoms with E-state index in [0.717, 1.165) is 46.6 Å². The molecule has 27 heavy (non-hydrogen) atoms. The van der Waals surface area contributed by atoms with Crippen LogP contribution in [-0.4, -0.2) is 42.0 Å². The number of hydrogen-bond acceptors (Lipinski definition) is 4. The van der Waals surface area contributed by atoms with Crippen molar-refractivity contribution in [3.8, 4) is 5.75 Å². The van der Waals surface area contributed by atoms with Crippen molar-refractivity contribution in [1.82, 2.24) is 15.2 Å². The summed E-state index contributed by atoms with van der Waals surface area (Å²) < 4.78 is 5.58. The number of aromatic amines is 1. The van der Waals surface area contributed by atoms with Crippen molar-refractivity contribution in [2.24, 2.45) is 0 Å². The average molecular weight is 363 g/mol. The maximum Gasteiger partial charge on any atom is 0.263 e. The molecule has 0 saturated heterocycles. The van der Waals surface area contributed by atoms with Crippen LogP contribution in [0.15, 0.2) is 18.2 Å². The van der Waals surface area contributed by atoms with Crippen LogP contribution in [-0.2, 0) is 12.8 Å². The predicted molar refractivity (Wildman–Crippen MR) is 103 cm³/mol. The second-order valence-electron chi connectivity index (χ2n) is 7.12. The van der Waals surface area contributed by atoms with Crippen molar-refractivity contribution in [3.05, 3.63) is 40.5 Å². The van der Waals surface area contributed by atoms with Crippen LogP contribution in [0.2, 0.25) is 0 Å². The van der Waals surface area contributed by atoms with Gasteiger partial charge in [0.25, 0.3) is 11.8 Å². The zero-order valence-corrected chi connectivity index (χ0v) is 15.4. The largest absolute Gasteiger partial charge is 0.496 e. The van der Waals surface area contributed by atoms with Crippen LogP contribution in [0, 0.1) is 0 Å². The highest BCUT2D eigenvalue weighted by Crippen LogP contribution is 2.44. The summed E-state index contributed by atoms with van der Waals surface area (Å²) in [6.45, 7) is 2.89. The van der Waals surface area contributed by atoms with Gasteiger partial charge in [-0.1, -0.05) is 13.0 Å². The van der Waals surface area contributed by atoms with Crippen LogP contribution in [0.25, 0.3) is 21.8 Å². The lowest BCUT2D eigenvalue weighted by atomic mass is 9.93. The van der Waals surface area contributed by atoms with Gasteiger partial charge in [0.15, 0.2) is 0 Å². The summed E-state index contributed by atoms with van der Waals surface area (Å²) >= 11 is 0. The minimum absolute atomic E-state index is 0.180. The Hall–Kier alpha value is -2.86. The number of fused-ring (bicyclic) bond motifs is 8. The molecule has 0 bridgehead atoms. The highest BCUT2D eigenvalue weighted by atomic mass is 16.5. The fourth-order valence-electron chi connectivity index (χ4n) is 4.61. The molecule has 2 amide bonds. The number of ether oxygens (including phenoxy) is 1. The second-order valence-corrected chi connectivity index (χ2v) is 7.12. The normalized spacial score (nSPS) is 15.9. The standard InChI is InChI=1S/C21H21N3O3/c1-3-22-10-24-20(25)15-11-6-4-7-12(11)19-17(18(15)21(24)26)16-13(23-19)8-5-9-14(16)27-2/h5,8-9,22-23H,3-4,6-7,10H2,1-2H3. The molecule has 0 fully saturated rings. The molecule has 1 aromatic heterocycles. The van der Waals surface area contributed by atoms with Crippen LogP contribution in [0.4, 0.5) is 0 Å². The number of aromatic nitrogens is 1. The van der Waals surface area contributed by atoms with E-state index < -0.39 is 0 Å². The SMILES string of the molecule is CCNCN1C(=O)c2c3c(c4[nH]c5cccc(OC)c5c4c2C1=O)CCC3. The van der Waals surface area contributed by atoms with Gasteiger partial charge in [-0.05, 0) is 49.1 Å². The fraction of sp³-hybridized carbons (Fsp3) is 0.333. The van der Waals surface area contributed by atoms with Gasteiger partial charge in [0.2, 0.25) is 0 Å². The third kappa shape index (κ3) is 2.04. The Morgan fingerprint density at radius 2 is 1.89 bits per heavy atom. The van der Waals surface area contributed by atoms with Gasteiger partial charge in [0, 0.05) is 5.39 Å². The number of nitrogens with one attached hydrogen (secondary N) is 2. The molecule has 6 nitrogen and oxygen atoms in total. The lowest BCUT2D eigenvalue weighted by Gasteiger charge is -2.13. The molecule has 2 aromatic carbocycles. The summed E-state index contributed by atoms with van der Waals surface area (Å²) in [5, 5.41) is 4.82. The molecule has 0 atom stereocenters. The van der Waals surface area contributed by atoms with Crippen molar-refractivity contribution in [2.75, 3.05) is 20.3 Å². The third-order valence-electron chi connectivity index (χ3n) is 5.77. The van der Waals surface area contributed by atoms with Gasteiger partial charge in [0.1, 0.15) is 5.75 Å². The predicted octanol–water partition coefficient (Wildman–Crippen LogP) is 2.98.